The first kappa shape index (κ1) is 16.8. The predicted octanol–water partition coefficient (Wildman–Crippen LogP) is 1.15. The summed E-state index contributed by atoms with van der Waals surface area (Å²) >= 11 is 1.50. The SMILES string of the molecule is CC(C)(C)SCC(=O)N1CCC(C(=O)O)C(C(=O)O)C1. The summed E-state index contributed by atoms with van der Waals surface area (Å²) < 4.78 is -0.0404. The number of amides is 1. The molecule has 0 aromatic rings. The van der Waals surface area contributed by atoms with Gasteiger partial charge >= 0.3 is 11.9 Å². The number of rotatable bonds is 4. The van der Waals surface area contributed by atoms with E-state index in [9.17, 15) is 14.4 Å². The molecule has 1 heterocycles. The maximum absolute atomic E-state index is 12.1. The van der Waals surface area contributed by atoms with Crippen LogP contribution in [0, 0.1) is 11.8 Å². The number of carbonyl (C=O) groups excluding carboxylic acids is 1. The Bertz CT molecular complexity index is 404. The monoisotopic (exact) mass is 303 g/mol. The van der Waals surface area contributed by atoms with Crippen molar-refractivity contribution in [2.24, 2.45) is 11.8 Å². The molecule has 1 saturated heterocycles. The first-order valence-corrected chi connectivity index (χ1v) is 7.47. The molecule has 1 rings (SSSR count). The topological polar surface area (TPSA) is 94.9 Å². The fraction of sp³-hybridized carbons (Fsp3) is 0.769. The molecule has 0 aromatic carbocycles. The maximum Gasteiger partial charge on any atom is 0.309 e. The Morgan fingerprint density at radius 2 is 1.70 bits per heavy atom. The molecule has 6 nitrogen and oxygen atoms in total. The van der Waals surface area contributed by atoms with Crippen molar-refractivity contribution in [1.29, 1.82) is 0 Å². The molecule has 2 unspecified atom stereocenters. The van der Waals surface area contributed by atoms with Gasteiger partial charge in [-0.15, -0.1) is 11.8 Å². The third kappa shape index (κ3) is 4.70. The van der Waals surface area contributed by atoms with Crippen molar-refractivity contribution in [3.8, 4) is 0 Å². The molecule has 20 heavy (non-hydrogen) atoms. The smallest absolute Gasteiger partial charge is 0.309 e. The molecule has 114 valence electrons. The molecule has 0 radical (unpaired) electrons. The number of thioether (sulfide) groups is 1. The second-order valence-corrected chi connectivity index (χ2v) is 7.72. The van der Waals surface area contributed by atoms with Gasteiger partial charge < -0.3 is 15.1 Å². The molecule has 1 aliphatic rings. The molecule has 2 N–H and O–H groups in total. The number of hydrogen-bond acceptors (Lipinski definition) is 4. The number of nitrogens with zero attached hydrogens (tertiary/aromatic N) is 1. The highest BCUT2D eigenvalue weighted by Gasteiger charge is 2.40. The molecular weight excluding hydrogens is 282 g/mol. The van der Waals surface area contributed by atoms with E-state index in [-0.39, 0.29) is 29.4 Å². The molecule has 0 aliphatic carbocycles. The zero-order chi connectivity index (χ0) is 15.5. The van der Waals surface area contributed by atoms with Gasteiger partial charge in [-0.2, -0.15) is 0 Å². The van der Waals surface area contributed by atoms with E-state index in [4.69, 9.17) is 10.2 Å². The summed E-state index contributed by atoms with van der Waals surface area (Å²) in [6, 6.07) is 0. The van der Waals surface area contributed by atoms with E-state index in [2.05, 4.69) is 0 Å². The summed E-state index contributed by atoms with van der Waals surface area (Å²) in [6.45, 7) is 6.30. The van der Waals surface area contributed by atoms with Gasteiger partial charge in [-0.05, 0) is 6.42 Å². The molecular formula is C13H21NO5S. The molecule has 0 spiro atoms. The number of carboxylic acid groups (broad SMARTS) is 2. The highest BCUT2D eigenvalue weighted by molar-refractivity contribution is 8.01. The first-order valence-electron chi connectivity index (χ1n) is 6.49. The fourth-order valence-electron chi connectivity index (χ4n) is 2.09. The number of likely N-dealkylation sites (tertiary alicyclic amines) is 1. The Morgan fingerprint density at radius 3 is 2.15 bits per heavy atom. The molecule has 7 heteroatoms. The zero-order valence-electron chi connectivity index (χ0n) is 12.0. The van der Waals surface area contributed by atoms with Crippen molar-refractivity contribution in [1.82, 2.24) is 4.90 Å². The van der Waals surface area contributed by atoms with Crippen molar-refractivity contribution in [2.45, 2.75) is 31.9 Å². The van der Waals surface area contributed by atoms with Crippen molar-refractivity contribution in [3.63, 3.8) is 0 Å². The number of piperidine rings is 1. The largest absolute Gasteiger partial charge is 0.481 e. The number of aliphatic carboxylic acids is 2. The maximum atomic E-state index is 12.1. The molecule has 0 saturated carbocycles. The van der Waals surface area contributed by atoms with Crippen molar-refractivity contribution < 1.29 is 24.6 Å². The summed E-state index contributed by atoms with van der Waals surface area (Å²) in [5, 5.41) is 18.1. The third-order valence-electron chi connectivity index (χ3n) is 3.23. The van der Waals surface area contributed by atoms with Gasteiger partial charge in [0, 0.05) is 17.8 Å². The van der Waals surface area contributed by atoms with Gasteiger partial charge in [0.2, 0.25) is 5.91 Å². The second kappa shape index (κ2) is 6.47. The zero-order valence-corrected chi connectivity index (χ0v) is 12.8. The van der Waals surface area contributed by atoms with Gasteiger partial charge in [-0.25, -0.2) is 0 Å². The van der Waals surface area contributed by atoms with Gasteiger partial charge in [0.1, 0.15) is 0 Å². The molecule has 1 amide bonds. The van der Waals surface area contributed by atoms with Gasteiger partial charge in [-0.3, -0.25) is 14.4 Å². The minimum atomic E-state index is -1.15. The van der Waals surface area contributed by atoms with E-state index in [1.165, 1.54) is 16.7 Å². The number of hydrogen-bond donors (Lipinski definition) is 2. The van der Waals surface area contributed by atoms with Gasteiger partial charge in [0.05, 0.1) is 17.6 Å². The van der Waals surface area contributed by atoms with Crippen molar-refractivity contribution in [3.05, 3.63) is 0 Å². The van der Waals surface area contributed by atoms with Crippen LogP contribution in [0.15, 0.2) is 0 Å². The lowest BCUT2D eigenvalue weighted by atomic mass is 9.85. The van der Waals surface area contributed by atoms with Crippen LogP contribution >= 0.6 is 11.8 Å². The minimum absolute atomic E-state index is 0.0180. The normalized spacial score (nSPS) is 23.4. The van der Waals surface area contributed by atoms with Crippen molar-refractivity contribution >= 4 is 29.6 Å². The van der Waals surface area contributed by atoms with E-state index in [1.807, 2.05) is 20.8 Å². The quantitative estimate of drug-likeness (QED) is 0.809. The third-order valence-corrected chi connectivity index (χ3v) is 4.49. The average Bonchev–Trinajstić information content (AvgIpc) is 2.34. The van der Waals surface area contributed by atoms with Crippen LogP contribution in [0.1, 0.15) is 27.2 Å². The average molecular weight is 303 g/mol. The van der Waals surface area contributed by atoms with Crippen LogP contribution < -0.4 is 0 Å². The fourth-order valence-corrected chi connectivity index (χ4v) is 2.83. The highest BCUT2D eigenvalue weighted by Crippen LogP contribution is 2.27. The summed E-state index contributed by atoms with van der Waals surface area (Å²) in [5.41, 5.74) is 0. The van der Waals surface area contributed by atoms with E-state index in [1.54, 1.807) is 0 Å². The van der Waals surface area contributed by atoms with Crippen molar-refractivity contribution in [2.75, 3.05) is 18.8 Å². The minimum Gasteiger partial charge on any atom is -0.481 e. The lowest BCUT2D eigenvalue weighted by Crippen LogP contribution is -2.49. The molecule has 2 atom stereocenters. The van der Waals surface area contributed by atoms with Crippen LogP contribution in [0.5, 0.6) is 0 Å². The molecule has 0 bridgehead atoms. The highest BCUT2D eigenvalue weighted by atomic mass is 32.2. The van der Waals surface area contributed by atoms with Crippen LogP contribution in [0.4, 0.5) is 0 Å². The van der Waals surface area contributed by atoms with Gasteiger partial charge in [-0.1, -0.05) is 20.8 Å². The Kier molecular flexibility index (Phi) is 5.44. The van der Waals surface area contributed by atoms with E-state index < -0.39 is 23.8 Å². The summed E-state index contributed by atoms with van der Waals surface area (Å²) in [7, 11) is 0. The van der Waals surface area contributed by atoms with Crippen LogP contribution in [0.25, 0.3) is 0 Å². The Labute approximate surface area is 122 Å². The predicted molar refractivity (Wildman–Crippen MR) is 75.7 cm³/mol. The van der Waals surface area contributed by atoms with Crippen LogP contribution in [0.3, 0.4) is 0 Å². The number of carboxylic acids is 2. The Hall–Kier alpha value is -1.24. The first-order chi connectivity index (χ1) is 9.11. The lowest BCUT2D eigenvalue weighted by molar-refractivity contribution is -0.158. The molecule has 0 aromatic heterocycles. The standard InChI is InChI=1S/C13H21NO5S/c1-13(2,3)20-7-10(15)14-5-4-8(11(16)17)9(6-14)12(18)19/h8-9H,4-7H2,1-3H3,(H,16,17)(H,18,19). The van der Waals surface area contributed by atoms with E-state index in [0.717, 1.165) is 0 Å². The Balaban J connectivity index is 2.64. The van der Waals surface area contributed by atoms with Crippen LogP contribution in [0.2, 0.25) is 0 Å². The lowest BCUT2D eigenvalue weighted by Gasteiger charge is -2.35. The second-order valence-electron chi connectivity index (χ2n) is 5.92. The molecule has 1 aliphatic heterocycles. The van der Waals surface area contributed by atoms with Crippen LogP contribution in [-0.4, -0.2) is 56.5 Å². The van der Waals surface area contributed by atoms with Gasteiger partial charge in [0.15, 0.2) is 0 Å². The van der Waals surface area contributed by atoms with Gasteiger partial charge in [0.25, 0.3) is 0 Å². The van der Waals surface area contributed by atoms with Crippen LogP contribution in [-0.2, 0) is 14.4 Å². The molecule has 1 fully saturated rings. The van der Waals surface area contributed by atoms with E-state index in [0.29, 0.717) is 6.54 Å². The number of carbonyl (C=O) groups is 3. The Morgan fingerprint density at radius 1 is 1.15 bits per heavy atom. The summed E-state index contributed by atoms with van der Waals surface area (Å²) in [6.07, 6.45) is 0.193. The summed E-state index contributed by atoms with van der Waals surface area (Å²) in [4.78, 5) is 35.7. The van der Waals surface area contributed by atoms with E-state index >= 15 is 0 Å². The summed E-state index contributed by atoms with van der Waals surface area (Å²) in [5.74, 6) is -4.03.